The van der Waals surface area contributed by atoms with Crippen LogP contribution in [0.25, 0.3) is 11.0 Å². The molecule has 1 saturated heterocycles. The molecule has 3 heterocycles. The van der Waals surface area contributed by atoms with Crippen molar-refractivity contribution < 1.29 is 13.9 Å². The average molecular weight is 453 g/mol. The van der Waals surface area contributed by atoms with Crippen LogP contribution in [0.2, 0.25) is 5.02 Å². The van der Waals surface area contributed by atoms with Gasteiger partial charge in [-0.2, -0.15) is 0 Å². The molecule has 0 saturated carbocycles. The monoisotopic (exact) mass is 452 g/mol. The Morgan fingerprint density at radius 3 is 2.55 bits per heavy atom. The molecule has 0 aliphatic carbocycles. The van der Waals surface area contributed by atoms with Crippen LogP contribution < -0.4 is 5.32 Å². The lowest BCUT2D eigenvalue weighted by Crippen LogP contribution is -2.39. The number of rotatable bonds is 5. The van der Waals surface area contributed by atoms with Crippen LogP contribution >= 0.6 is 22.9 Å². The van der Waals surface area contributed by atoms with E-state index in [0.29, 0.717) is 28.8 Å². The van der Waals surface area contributed by atoms with Crippen molar-refractivity contribution in [3.05, 3.63) is 87.3 Å². The zero-order valence-electron chi connectivity index (χ0n) is 16.7. The van der Waals surface area contributed by atoms with Crippen molar-refractivity contribution in [2.75, 3.05) is 31.6 Å². The Bertz CT molecular complexity index is 1180. The van der Waals surface area contributed by atoms with Gasteiger partial charge in [0.25, 0.3) is 5.91 Å². The Morgan fingerprint density at radius 1 is 1.03 bits per heavy atom. The number of nitrogens with zero attached hydrogens (tertiary/aromatic N) is 1. The molecule has 2 aromatic carbocycles. The van der Waals surface area contributed by atoms with Gasteiger partial charge in [0, 0.05) is 23.5 Å². The van der Waals surface area contributed by atoms with E-state index in [-0.39, 0.29) is 11.9 Å². The van der Waals surface area contributed by atoms with Gasteiger partial charge in [-0.15, -0.1) is 11.3 Å². The minimum absolute atomic E-state index is 0.139. The smallest absolute Gasteiger partial charge is 0.265 e. The van der Waals surface area contributed by atoms with Gasteiger partial charge in [0.1, 0.15) is 11.3 Å². The first-order chi connectivity index (χ1) is 15.2. The second-order valence-corrected chi connectivity index (χ2v) is 8.76. The van der Waals surface area contributed by atoms with E-state index in [0.717, 1.165) is 35.4 Å². The van der Waals surface area contributed by atoms with Crippen LogP contribution in [0.4, 0.5) is 5.69 Å². The summed E-state index contributed by atoms with van der Waals surface area (Å²) in [5.74, 6) is 0.579. The van der Waals surface area contributed by atoms with E-state index in [9.17, 15) is 4.79 Å². The highest BCUT2D eigenvalue weighted by molar-refractivity contribution is 7.12. The number of halogens is 1. The molecule has 1 fully saturated rings. The minimum Gasteiger partial charge on any atom is -0.457 e. The number of carbonyl (C=O) groups is 1. The number of nitrogens with one attached hydrogen (secondary N) is 1. The zero-order valence-corrected chi connectivity index (χ0v) is 18.3. The molecular weight excluding hydrogens is 432 g/mol. The molecule has 5 nitrogen and oxygen atoms in total. The van der Waals surface area contributed by atoms with Gasteiger partial charge < -0.3 is 14.5 Å². The first-order valence-electron chi connectivity index (χ1n) is 10.1. The SMILES string of the molecule is O=C(Nc1c([C@H](c2ccc(Cl)cc2)N2CCOCC2)oc2ccccc12)c1cccs1. The number of anilines is 1. The molecule has 1 amide bonds. The predicted octanol–water partition coefficient (Wildman–Crippen LogP) is 5.82. The molecule has 1 N–H and O–H groups in total. The highest BCUT2D eigenvalue weighted by atomic mass is 35.5. The summed E-state index contributed by atoms with van der Waals surface area (Å²) >= 11 is 7.57. The maximum Gasteiger partial charge on any atom is 0.265 e. The molecule has 0 radical (unpaired) electrons. The van der Waals surface area contributed by atoms with E-state index >= 15 is 0 Å². The normalized spacial score (nSPS) is 15.8. The lowest BCUT2D eigenvalue weighted by molar-refractivity contribution is 0.0206. The number of amides is 1. The van der Waals surface area contributed by atoms with Gasteiger partial charge in [0.15, 0.2) is 0 Å². The van der Waals surface area contributed by atoms with Gasteiger partial charge >= 0.3 is 0 Å². The third-order valence-electron chi connectivity index (χ3n) is 5.45. The number of thiophene rings is 1. The standard InChI is InChI=1S/C24H21ClN2O3S/c25-17-9-7-16(8-10-17)22(27-11-13-29-14-12-27)23-21(18-4-1-2-5-19(18)30-23)26-24(28)20-6-3-15-31-20/h1-10,15,22H,11-14H2,(H,26,28)/t22-/m0/s1. The van der Waals surface area contributed by atoms with Crippen molar-refractivity contribution in [3.63, 3.8) is 0 Å². The van der Waals surface area contributed by atoms with E-state index in [1.165, 1.54) is 11.3 Å². The number of para-hydroxylation sites is 1. The second kappa shape index (κ2) is 8.85. The molecule has 158 valence electrons. The van der Waals surface area contributed by atoms with Crippen LogP contribution in [-0.2, 0) is 4.74 Å². The molecule has 1 aliphatic rings. The second-order valence-electron chi connectivity index (χ2n) is 7.37. The van der Waals surface area contributed by atoms with Gasteiger partial charge in [-0.25, -0.2) is 0 Å². The number of hydrogen-bond acceptors (Lipinski definition) is 5. The largest absolute Gasteiger partial charge is 0.457 e. The fourth-order valence-electron chi connectivity index (χ4n) is 3.98. The maximum absolute atomic E-state index is 13.0. The fraction of sp³-hybridized carbons (Fsp3) is 0.208. The Labute approximate surface area is 189 Å². The molecule has 2 aromatic heterocycles. The van der Waals surface area contributed by atoms with Crippen LogP contribution in [0, 0.1) is 0 Å². The average Bonchev–Trinajstić information content (AvgIpc) is 3.45. The Morgan fingerprint density at radius 2 is 1.81 bits per heavy atom. The molecule has 7 heteroatoms. The van der Waals surface area contributed by atoms with Crippen molar-refractivity contribution in [2.24, 2.45) is 0 Å². The first-order valence-corrected chi connectivity index (χ1v) is 11.4. The summed E-state index contributed by atoms with van der Waals surface area (Å²) in [4.78, 5) is 15.9. The highest BCUT2D eigenvalue weighted by Gasteiger charge is 2.31. The van der Waals surface area contributed by atoms with E-state index in [4.69, 9.17) is 20.8 Å². The van der Waals surface area contributed by atoms with Crippen molar-refractivity contribution in [1.82, 2.24) is 4.90 Å². The van der Waals surface area contributed by atoms with Gasteiger partial charge in [0.2, 0.25) is 0 Å². The van der Waals surface area contributed by atoms with Gasteiger partial charge in [0.05, 0.1) is 29.8 Å². The third kappa shape index (κ3) is 4.12. The summed E-state index contributed by atoms with van der Waals surface area (Å²) in [5.41, 5.74) is 2.50. The lowest BCUT2D eigenvalue weighted by Gasteiger charge is -2.34. The zero-order chi connectivity index (χ0) is 21.2. The Hall–Kier alpha value is -2.64. The number of benzene rings is 2. The van der Waals surface area contributed by atoms with Crippen molar-refractivity contribution >= 4 is 45.5 Å². The van der Waals surface area contributed by atoms with Crippen LogP contribution in [-0.4, -0.2) is 37.1 Å². The fourth-order valence-corrected chi connectivity index (χ4v) is 4.72. The molecule has 0 unspecified atom stereocenters. The quantitative estimate of drug-likeness (QED) is 0.414. The van der Waals surface area contributed by atoms with Gasteiger partial charge in [-0.1, -0.05) is 41.9 Å². The van der Waals surface area contributed by atoms with Gasteiger partial charge in [-0.05, 0) is 41.3 Å². The van der Waals surface area contributed by atoms with E-state index < -0.39 is 0 Å². The number of hydrogen-bond donors (Lipinski definition) is 1. The van der Waals surface area contributed by atoms with Crippen LogP contribution in [0.5, 0.6) is 0 Å². The number of morpholine rings is 1. The van der Waals surface area contributed by atoms with E-state index in [2.05, 4.69) is 10.2 Å². The Kier molecular flexibility index (Phi) is 5.78. The minimum atomic E-state index is -0.174. The van der Waals surface area contributed by atoms with Crippen molar-refractivity contribution in [1.29, 1.82) is 0 Å². The maximum atomic E-state index is 13.0. The third-order valence-corrected chi connectivity index (χ3v) is 6.57. The molecule has 0 spiro atoms. The molecule has 0 bridgehead atoms. The van der Waals surface area contributed by atoms with E-state index in [1.807, 2.05) is 66.0 Å². The van der Waals surface area contributed by atoms with Crippen LogP contribution in [0.15, 0.2) is 70.5 Å². The van der Waals surface area contributed by atoms with Gasteiger partial charge in [-0.3, -0.25) is 9.69 Å². The van der Waals surface area contributed by atoms with Crippen LogP contribution in [0.3, 0.4) is 0 Å². The number of furan rings is 1. The van der Waals surface area contributed by atoms with Crippen LogP contribution in [0.1, 0.15) is 27.0 Å². The summed E-state index contributed by atoms with van der Waals surface area (Å²) in [7, 11) is 0. The number of ether oxygens (including phenoxy) is 1. The summed E-state index contributed by atoms with van der Waals surface area (Å²) in [6.07, 6.45) is 0. The van der Waals surface area contributed by atoms with Crippen molar-refractivity contribution in [2.45, 2.75) is 6.04 Å². The van der Waals surface area contributed by atoms with E-state index in [1.54, 1.807) is 0 Å². The molecule has 5 rings (SSSR count). The summed E-state index contributed by atoms with van der Waals surface area (Å²) in [6, 6.07) is 19.1. The molecular formula is C24H21ClN2O3S. The topological polar surface area (TPSA) is 54.7 Å². The molecule has 31 heavy (non-hydrogen) atoms. The summed E-state index contributed by atoms with van der Waals surface area (Å²) in [6.45, 7) is 2.84. The predicted molar refractivity (Wildman–Crippen MR) is 124 cm³/mol. The Balaban J connectivity index is 1.64. The van der Waals surface area contributed by atoms with Crippen molar-refractivity contribution in [3.8, 4) is 0 Å². The number of fused-ring (bicyclic) bond motifs is 1. The first kappa shape index (κ1) is 20.3. The highest BCUT2D eigenvalue weighted by Crippen LogP contribution is 2.41. The molecule has 1 aliphatic heterocycles. The summed E-state index contributed by atoms with van der Waals surface area (Å²) < 4.78 is 12.0. The number of carbonyl (C=O) groups excluding carboxylic acids is 1. The molecule has 4 aromatic rings. The lowest BCUT2D eigenvalue weighted by atomic mass is 10.0. The summed E-state index contributed by atoms with van der Waals surface area (Å²) in [5, 5.41) is 6.59. The molecule has 1 atom stereocenters.